The van der Waals surface area contributed by atoms with Crippen molar-refractivity contribution in [3.8, 4) is 0 Å². The Hall–Kier alpha value is -2.75. The van der Waals surface area contributed by atoms with E-state index in [1.165, 1.54) is 6.92 Å². The summed E-state index contributed by atoms with van der Waals surface area (Å²) in [6, 6.07) is -1.03. The Balaban J connectivity index is 1.94. The molecule has 144 valence electrons. The molecule has 2 aromatic rings. The van der Waals surface area contributed by atoms with Crippen molar-refractivity contribution in [1.82, 2.24) is 14.9 Å². The fourth-order valence-electron chi connectivity index (χ4n) is 3.10. The number of ether oxygens (including phenoxy) is 1. The highest BCUT2D eigenvalue weighted by Crippen LogP contribution is 2.29. The topological polar surface area (TPSA) is 133 Å². The summed E-state index contributed by atoms with van der Waals surface area (Å²) < 4.78 is 6.80. The van der Waals surface area contributed by atoms with Crippen molar-refractivity contribution < 1.29 is 19.1 Å². The van der Waals surface area contributed by atoms with Gasteiger partial charge in [0, 0.05) is 13.0 Å². The molecule has 0 unspecified atom stereocenters. The van der Waals surface area contributed by atoms with E-state index in [2.05, 4.69) is 4.98 Å². The number of nitrogens with two attached hydrogens (primary N) is 1. The zero-order valence-corrected chi connectivity index (χ0v) is 15.9. The van der Waals surface area contributed by atoms with Gasteiger partial charge in [0.1, 0.15) is 15.5 Å². The first-order chi connectivity index (χ1) is 12.8. The number of aryl methyl sites for hydroxylation is 2. The predicted octanol–water partition coefficient (Wildman–Crippen LogP) is 1.23. The van der Waals surface area contributed by atoms with Gasteiger partial charge in [-0.1, -0.05) is 6.42 Å². The zero-order valence-electron chi connectivity index (χ0n) is 15.0. The second kappa shape index (κ2) is 7.47. The van der Waals surface area contributed by atoms with E-state index < -0.39 is 24.0 Å². The van der Waals surface area contributed by atoms with Crippen LogP contribution in [-0.4, -0.2) is 33.6 Å². The van der Waals surface area contributed by atoms with Crippen LogP contribution in [-0.2, 0) is 22.5 Å². The highest BCUT2D eigenvalue weighted by molar-refractivity contribution is 7.20. The molecule has 2 aromatic heterocycles. The number of primary amides is 1. The third-order valence-corrected chi connectivity index (χ3v) is 5.66. The van der Waals surface area contributed by atoms with Gasteiger partial charge in [-0.3, -0.25) is 19.5 Å². The lowest BCUT2D eigenvalue weighted by atomic mass is 10.2. The molecule has 1 aliphatic rings. The molecule has 3 heterocycles. The van der Waals surface area contributed by atoms with E-state index in [4.69, 9.17) is 10.5 Å². The number of esters is 1. The third-order valence-electron chi connectivity index (χ3n) is 4.50. The molecule has 1 atom stereocenters. The van der Waals surface area contributed by atoms with Gasteiger partial charge in [-0.2, -0.15) is 0 Å². The van der Waals surface area contributed by atoms with Crippen molar-refractivity contribution in [2.45, 2.75) is 52.2 Å². The van der Waals surface area contributed by atoms with Gasteiger partial charge in [0.2, 0.25) is 0 Å². The summed E-state index contributed by atoms with van der Waals surface area (Å²) in [5, 5.41) is 2.26. The van der Waals surface area contributed by atoms with Crippen LogP contribution in [0.3, 0.4) is 0 Å². The van der Waals surface area contributed by atoms with Crippen molar-refractivity contribution in [2.75, 3.05) is 0 Å². The van der Waals surface area contributed by atoms with Crippen molar-refractivity contribution in [1.29, 1.82) is 0 Å². The molecule has 1 aliphatic heterocycles. The van der Waals surface area contributed by atoms with E-state index in [-0.39, 0.29) is 10.4 Å². The lowest BCUT2D eigenvalue weighted by molar-refractivity contribution is -0.127. The SMILES string of the molecule is Cc1c(C(=O)O[C@H](C)C(=O)NC(N)=O)sc2nc3n(c(=O)c12)CCCCC3. The van der Waals surface area contributed by atoms with Gasteiger partial charge in [-0.15, -0.1) is 11.3 Å². The number of urea groups is 1. The number of hydrogen-bond acceptors (Lipinski definition) is 7. The standard InChI is InChI=1S/C17H20N4O5S/c1-8-11-14(19-10-6-4-3-5-7-21(10)15(11)23)27-12(8)16(24)26-9(2)13(22)20-17(18)25/h9H,3-7H2,1-2H3,(H3,18,20,22,25)/t9-/m1/s1. The summed E-state index contributed by atoms with van der Waals surface area (Å²) in [6.45, 7) is 3.61. The number of nitrogens with one attached hydrogen (secondary N) is 1. The smallest absolute Gasteiger partial charge is 0.349 e. The monoisotopic (exact) mass is 392 g/mol. The molecular weight excluding hydrogens is 372 g/mol. The van der Waals surface area contributed by atoms with Crippen molar-refractivity contribution in [2.24, 2.45) is 5.73 Å². The fraction of sp³-hybridized carbons (Fsp3) is 0.471. The van der Waals surface area contributed by atoms with Gasteiger partial charge in [-0.25, -0.2) is 14.6 Å². The molecule has 0 aromatic carbocycles. The normalized spacial score (nSPS) is 14.9. The van der Waals surface area contributed by atoms with Crippen LogP contribution in [0.5, 0.6) is 0 Å². The maximum absolute atomic E-state index is 12.9. The number of amides is 3. The Labute approximate surface area is 158 Å². The Kier molecular flexibility index (Phi) is 5.26. The largest absolute Gasteiger partial charge is 0.448 e. The molecule has 0 saturated carbocycles. The second-order valence-electron chi connectivity index (χ2n) is 6.43. The van der Waals surface area contributed by atoms with Gasteiger partial charge in [0.15, 0.2) is 6.10 Å². The molecule has 0 radical (unpaired) electrons. The molecule has 0 aliphatic carbocycles. The Morgan fingerprint density at radius 2 is 2.04 bits per heavy atom. The van der Waals surface area contributed by atoms with Crippen molar-refractivity contribution >= 4 is 39.5 Å². The molecular formula is C17H20N4O5S. The van der Waals surface area contributed by atoms with Crippen LogP contribution in [0.1, 0.15) is 47.2 Å². The molecule has 0 saturated heterocycles. The molecule has 10 heteroatoms. The van der Waals surface area contributed by atoms with E-state index in [9.17, 15) is 19.2 Å². The van der Waals surface area contributed by atoms with Crippen molar-refractivity contribution in [3.05, 3.63) is 26.6 Å². The Morgan fingerprint density at radius 3 is 2.74 bits per heavy atom. The van der Waals surface area contributed by atoms with Crippen LogP contribution in [0.4, 0.5) is 4.79 Å². The number of imide groups is 1. The first-order valence-corrected chi connectivity index (χ1v) is 9.45. The maximum Gasteiger partial charge on any atom is 0.349 e. The minimum atomic E-state index is -1.21. The summed E-state index contributed by atoms with van der Waals surface area (Å²) in [7, 11) is 0. The van der Waals surface area contributed by atoms with Crippen LogP contribution in [0.25, 0.3) is 10.2 Å². The van der Waals surface area contributed by atoms with E-state index in [1.54, 1.807) is 11.5 Å². The highest BCUT2D eigenvalue weighted by atomic mass is 32.1. The summed E-state index contributed by atoms with van der Waals surface area (Å²) >= 11 is 1.07. The molecule has 0 fully saturated rings. The number of aromatic nitrogens is 2. The van der Waals surface area contributed by atoms with Gasteiger partial charge in [0.05, 0.1) is 5.39 Å². The molecule has 3 N–H and O–H groups in total. The number of nitrogens with zero attached hydrogens (tertiary/aromatic N) is 2. The summed E-state index contributed by atoms with van der Waals surface area (Å²) in [4.78, 5) is 53.1. The number of carbonyl (C=O) groups excluding carboxylic acids is 3. The number of rotatable bonds is 3. The van der Waals surface area contributed by atoms with Crippen LogP contribution < -0.4 is 16.6 Å². The molecule has 27 heavy (non-hydrogen) atoms. The van der Waals surface area contributed by atoms with Gasteiger partial charge in [-0.05, 0) is 32.3 Å². The second-order valence-corrected chi connectivity index (χ2v) is 7.43. The average Bonchev–Trinajstić information content (AvgIpc) is 2.77. The number of carbonyl (C=O) groups is 3. The first kappa shape index (κ1) is 19.0. The van der Waals surface area contributed by atoms with Crippen LogP contribution >= 0.6 is 11.3 Å². The maximum atomic E-state index is 12.9. The summed E-state index contributed by atoms with van der Waals surface area (Å²) in [5.74, 6) is -0.831. The van der Waals surface area contributed by atoms with Crippen molar-refractivity contribution in [3.63, 3.8) is 0 Å². The van der Waals surface area contributed by atoms with Crippen LogP contribution in [0.15, 0.2) is 4.79 Å². The van der Waals surface area contributed by atoms with E-state index in [0.29, 0.717) is 22.3 Å². The average molecular weight is 392 g/mol. The van der Waals surface area contributed by atoms with E-state index in [0.717, 1.165) is 42.8 Å². The van der Waals surface area contributed by atoms with Crippen LogP contribution in [0.2, 0.25) is 0 Å². The molecule has 9 nitrogen and oxygen atoms in total. The zero-order chi connectivity index (χ0) is 19.7. The van der Waals surface area contributed by atoms with Gasteiger partial charge in [0.25, 0.3) is 11.5 Å². The molecule has 3 rings (SSSR count). The minimum absolute atomic E-state index is 0.149. The first-order valence-electron chi connectivity index (χ1n) is 8.63. The van der Waals surface area contributed by atoms with Gasteiger partial charge < -0.3 is 10.5 Å². The van der Waals surface area contributed by atoms with E-state index in [1.807, 2.05) is 5.32 Å². The highest BCUT2D eigenvalue weighted by Gasteiger charge is 2.26. The summed E-state index contributed by atoms with van der Waals surface area (Å²) in [6.07, 6.45) is 2.47. The number of thiophene rings is 1. The number of fused-ring (bicyclic) bond motifs is 2. The number of hydrogen-bond donors (Lipinski definition) is 2. The third kappa shape index (κ3) is 3.70. The lowest BCUT2D eigenvalue weighted by Gasteiger charge is -2.11. The molecule has 3 amide bonds. The Bertz CT molecular complexity index is 993. The lowest BCUT2D eigenvalue weighted by Crippen LogP contribution is -2.42. The quantitative estimate of drug-likeness (QED) is 0.755. The molecule has 0 spiro atoms. The predicted molar refractivity (Wildman–Crippen MR) is 98.8 cm³/mol. The Morgan fingerprint density at radius 1 is 1.30 bits per heavy atom. The molecule has 0 bridgehead atoms. The fourth-order valence-corrected chi connectivity index (χ4v) is 4.17. The minimum Gasteiger partial charge on any atom is -0.448 e. The summed E-state index contributed by atoms with van der Waals surface area (Å²) in [5.41, 5.74) is 5.22. The van der Waals surface area contributed by atoms with E-state index >= 15 is 0 Å². The van der Waals surface area contributed by atoms with Gasteiger partial charge >= 0.3 is 12.0 Å². The van der Waals surface area contributed by atoms with Crippen LogP contribution in [0, 0.1) is 6.92 Å².